The van der Waals surface area contributed by atoms with E-state index in [1.165, 1.54) is 4.57 Å². The van der Waals surface area contributed by atoms with Gasteiger partial charge in [-0.25, -0.2) is 13.6 Å². The maximum Gasteiger partial charge on any atom is 0.341 e. The van der Waals surface area contributed by atoms with Crippen LogP contribution in [0.15, 0.2) is 17.1 Å². The Morgan fingerprint density at radius 3 is 2.52 bits per heavy atom. The maximum absolute atomic E-state index is 15.2. The van der Waals surface area contributed by atoms with Gasteiger partial charge in [0.1, 0.15) is 11.4 Å². The summed E-state index contributed by atoms with van der Waals surface area (Å²) in [5.74, 6) is -3.27. The van der Waals surface area contributed by atoms with Gasteiger partial charge in [-0.1, -0.05) is 0 Å². The topological polar surface area (TPSA) is 85.3 Å². The fourth-order valence-corrected chi connectivity index (χ4v) is 3.69. The monoisotopic (exact) mass is 350 g/mol. The number of pyridine rings is 1. The second-order valence-electron chi connectivity index (χ2n) is 6.56. The van der Waals surface area contributed by atoms with Crippen molar-refractivity contribution in [2.75, 3.05) is 0 Å². The standard InChI is InChI=1S/C18H20F2N2O3/c1-2-22-8-12(18(24)25)17(23)11-7-13(19)14(15(20)16(11)22)9-3-5-10(21)6-4-9/h7-10H,2-6,21H2,1H3,(H,24,25). The summed E-state index contributed by atoms with van der Waals surface area (Å²) in [5.41, 5.74) is 4.43. The van der Waals surface area contributed by atoms with Gasteiger partial charge in [0, 0.05) is 24.3 Å². The van der Waals surface area contributed by atoms with E-state index >= 15 is 4.39 Å². The molecule has 0 unspecified atom stereocenters. The van der Waals surface area contributed by atoms with Crippen LogP contribution in [0.5, 0.6) is 0 Å². The lowest BCUT2D eigenvalue weighted by Crippen LogP contribution is -2.27. The first-order valence-electron chi connectivity index (χ1n) is 8.39. The molecule has 1 saturated carbocycles. The van der Waals surface area contributed by atoms with Crippen molar-refractivity contribution in [1.82, 2.24) is 4.57 Å². The van der Waals surface area contributed by atoms with Gasteiger partial charge < -0.3 is 15.4 Å². The number of carbonyl (C=O) groups is 1. The molecule has 134 valence electrons. The van der Waals surface area contributed by atoms with Crippen LogP contribution in [0.25, 0.3) is 10.9 Å². The summed E-state index contributed by atoms with van der Waals surface area (Å²) in [5, 5.41) is 8.91. The summed E-state index contributed by atoms with van der Waals surface area (Å²) in [6, 6.07) is 1.03. The van der Waals surface area contributed by atoms with E-state index in [4.69, 9.17) is 10.8 Å². The minimum atomic E-state index is -1.42. The van der Waals surface area contributed by atoms with Gasteiger partial charge in [-0.05, 0) is 44.6 Å². The summed E-state index contributed by atoms with van der Waals surface area (Å²) >= 11 is 0. The average molecular weight is 350 g/mol. The molecule has 0 amide bonds. The lowest BCUT2D eigenvalue weighted by Gasteiger charge is -2.27. The zero-order valence-corrected chi connectivity index (χ0v) is 13.9. The highest BCUT2D eigenvalue weighted by atomic mass is 19.1. The van der Waals surface area contributed by atoms with Crippen molar-refractivity contribution >= 4 is 16.9 Å². The first-order chi connectivity index (χ1) is 11.8. The molecule has 7 heteroatoms. The number of carboxylic acids is 1. The molecule has 0 aliphatic heterocycles. The zero-order valence-electron chi connectivity index (χ0n) is 13.9. The van der Waals surface area contributed by atoms with E-state index in [2.05, 4.69) is 0 Å². The molecule has 1 aromatic heterocycles. The second-order valence-corrected chi connectivity index (χ2v) is 6.56. The van der Waals surface area contributed by atoms with Crippen molar-refractivity contribution in [3.8, 4) is 0 Å². The predicted molar refractivity (Wildman–Crippen MR) is 89.9 cm³/mol. The number of aromatic nitrogens is 1. The molecule has 0 saturated heterocycles. The summed E-state index contributed by atoms with van der Waals surface area (Å²) < 4.78 is 31.2. The number of halogens is 2. The third kappa shape index (κ3) is 2.93. The molecule has 0 bridgehead atoms. The van der Waals surface area contributed by atoms with Gasteiger partial charge in [0.2, 0.25) is 5.43 Å². The number of benzene rings is 1. The summed E-state index contributed by atoms with van der Waals surface area (Å²) in [6.07, 6.45) is 3.68. The molecule has 1 aromatic carbocycles. The minimum Gasteiger partial charge on any atom is -0.477 e. The average Bonchev–Trinajstić information content (AvgIpc) is 2.57. The van der Waals surface area contributed by atoms with Crippen molar-refractivity contribution in [3.05, 3.63) is 45.2 Å². The van der Waals surface area contributed by atoms with E-state index in [1.54, 1.807) is 6.92 Å². The Labute approximate surface area is 143 Å². The van der Waals surface area contributed by atoms with Crippen molar-refractivity contribution in [2.24, 2.45) is 5.73 Å². The van der Waals surface area contributed by atoms with Crippen LogP contribution >= 0.6 is 0 Å². The third-order valence-corrected chi connectivity index (χ3v) is 5.04. The van der Waals surface area contributed by atoms with Gasteiger partial charge >= 0.3 is 5.97 Å². The molecular formula is C18H20F2N2O3. The Balaban J connectivity index is 2.28. The van der Waals surface area contributed by atoms with E-state index in [1.807, 2.05) is 0 Å². The van der Waals surface area contributed by atoms with Crippen LogP contribution in [0.1, 0.15) is 54.4 Å². The maximum atomic E-state index is 15.2. The van der Waals surface area contributed by atoms with Crippen LogP contribution in [0, 0.1) is 11.6 Å². The first kappa shape index (κ1) is 17.5. The van der Waals surface area contributed by atoms with E-state index in [9.17, 15) is 14.0 Å². The van der Waals surface area contributed by atoms with Crippen molar-refractivity contribution in [1.29, 1.82) is 0 Å². The number of hydrogen-bond acceptors (Lipinski definition) is 3. The molecule has 0 atom stereocenters. The summed E-state index contributed by atoms with van der Waals surface area (Å²) in [7, 11) is 0. The number of hydrogen-bond donors (Lipinski definition) is 2. The Morgan fingerprint density at radius 1 is 1.32 bits per heavy atom. The van der Waals surface area contributed by atoms with Gasteiger partial charge in [0.15, 0.2) is 5.82 Å². The number of aryl methyl sites for hydroxylation is 1. The number of aromatic carboxylic acids is 1. The molecular weight excluding hydrogens is 330 g/mol. The largest absolute Gasteiger partial charge is 0.477 e. The first-order valence-corrected chi connectivity index (χ1v) is 8.39. The molecule has 1 aliphatic rings. The molecule has 1 aliphatic carbocycles. The number of nitrogens with zero attached hydrogens (tertiary/aromatic N) is 1. The molecule has 2 aromatic rings. The molecule has 3 rings (SSSR count). The number of carboxylic acid groups (broad SMARTS) is 1. The quantitative estimate of drug-likeness (QED) is 0.891. The molecule has 5 nitrogen and oxygen atoms in total. The van der Waals surface area contributed by atoms with Crippen LogP contribution in [0.4, 0.5) is 8.78 Å². The highest BCUT2D eigenvalue weighted by molar-refractivity contribution is 5.93. The van der Waals surface area contributed by atoms with Crippen LogP contribution in [0.3, 0.4) is 0 Å². The number of rotatable bonds is 3. The normalized spacial score (nSPS) is 20.8. The molecule has 1 heterocycles. The second kappa shape index (κ2) is 6.55. The minimum absolute atomic E-state index is 0.0240. The summed E-state index contributed by atoms with van der Waals surface area (Å²) in [6.45, 7) is 1.96. The number of nitrogens with two attached hydrogens (primary N) is 1. The third-order valence-electron chi connectivity index (χ3n) is 5.04. The van der Waals surface area contributed by atoms with Crippen LogP contribution in [-0.4, -0.2) is 21.7 Å². The molecule has 1 fully saturated rings. The van der Waals surface area contributed by atoms with E-state index in [0.29, 0.717) is 25.7 Å². The highest BCUT2D eigenvalue weighted by Crippen LogP contribution is 2.37. The van der Waals surface area contributed by atoms with Gasteiger partial charge in [-0.3, -0.25) is 4.79 Å². The fraction of sp³-hybridized carbons (Fsp3) is 0.444. The summed E-state index contributed by atoms with van der Waals surface area (Å²) in [4.78, 5) is 23.6. The van der Waals surface area contributed by atoms with Crippen LogP contribution in [0.2, 0.25) is 0 Å². The van der Waals surface area contributed by atoms with Crippen molar-refractivity contribution < 1.29 is 18.7 Å². The van der Waals surface area contributed by atoms with Gasteiger partial charge in [-0.15, -0.1) is 0 Å². The Kier molecular flexibility index (Phi) is 4.60. The predicted octanol–water partition coefficient (Wildman–Crippen LogP) is 2.98. The Bertz CT molecular complexity index is 900. The number of fused-ring (bicyclic) bond motifs is 1. The lowest BCUT2D eigenvalue weighted by molar-refractivity contribution is 0.0695. The SMILES string of the molecule is CCn1cc(C(=O)O)c(=O)c2cc(F)c(C3CCC(N)CC3)c(F)c21. The van der Waals surface area contributed by atoms with Crippen molar-refractivity contribution in [3.63, 3.8) is 0 Å². The van der Waals surface area contributed by atoms with E-state index < -0.39 is 28.6 Å². The molecule has 3 N–H and O–H groups in total. The van der Waals surface area contributed by atoms with Crippen LogP contribution < -0.4 is 11.2 Å². The van der Waals surface area contributed by atoms with Crippen LogP contribution in [-0.2, 0) is 6.54 Å². The fourth-order valence-electron chi connectivity index (χ4n) is 3.69. The van der Waals surface area contributed by atoms with E-state index in [-0.39, 0.29) is 35.0 Å². The molecule has 0 spiro atoms. The molecule has 25 heavy (non-hydrogen) atoms. The smallest absolute Gasteiger partial charge is 0.341 e. The Hall–Kier alpha value is -2.28. The zero-order chi connectivity index (χ0) is 18.3. The van der Waals surface area contributed by atoms with E-state index in [0.717, 1.165) is 12.3 Å². The van der Waals surface area contributed by atoms with Gasteiger partial charge in [-0.2, -0.15) is 0 Å². The lowest BCUT2D eigenvalue weighted by atomic mass is 9.81. The van der Waals surface area contributed by atoms with Gasteiger partial charge in [0.05, 0.1) is 10.9 Å². The van der Waals surface area contributed by atoms with Gasteiger partial charge in [0.25, 0.3) is 0 Å². The Morgan fingerprint density at radius 2 is 1.96 bits per heavy atom. The highest BCUT2D eigenvalue weighted by Gasteiger charge is 2.28. The van der Waals surface area contributed by atoms with Crippen molar-refractivity contribution in [2.45, 2.75) is 51.1 Å². The molecule has 0 radical (unpaired) electrons.